The fourth-order valence-electron chi connectivity index (χ4n) is 5.05. The zero-order valence-corrected chi connectivity index (χ0v) is 21.6. The number of amides is 1. The molecule has 9 heteroatoms. The molecule has 0 N–H and O–H groups in total. The normalized spacial score (nSPS) is 24.4. The average molecular weight is 488 g/mol. The summed E-state index contributed by atoms with van der Waals surface area (Å²) in [6, 6.07) is 5.99. The predicted molar refractivity (Wildman–Crippen MR) is 127 cm³/mol. The summed E-state index contributed by atoms with van der Waals surface area (Å²) in [5.74, 6) is 0.730. The Balaban J connectivity index is 1.78. The highest BCUT2D eigenvalue weighted by atomic mass is 32.2. The van der Waals surface area contributed by atoms with E-state index in [4.69, 9.17) is 8.92 Å². The van der Waals surface area contributed by atoms with Crippen molar-refractivity contribution >= 4 is 16.2 Å². The van der Waals surface area contributed by atoms with Gasteiger partial charge in [-0.3, -0.25) is 4.90 Å². The smallest absolute Gasteiger partial charge is 0.411 e. The highest BCUT2D eigenvalue weighted by Crippen LogP contribution is 2.48. The standard InChI is InChI=1S/C25H33N3O5S/c1-14-8-10-18(11-9-14)34(30,31)33-23-19-13-20-15(2)12-16(3)22(21(19)26-17(4)27-23)28(20)24(29)32-25(5,6)7/h8-11,15-16,20,22H,12-13H2,1-7H3/t15-,16+,20+,22+/m0/s1. The van der Waals surface area contributed by atoms with Crippen LogP contribution in [-0.2, 0) is 21.3 Å². The Morgan fingerprint density at radius 2 is 1.71 bits per heavy atom. The number of nitrogens with zero attached hydrogens (tertiary/aromatic N) is 3. The fourth-order valence-corrected chi connectivity index (χ4v) is 5.97. The van der Waals surface area contributed by atoms with E-state index in [0.717, 1.165) is 12.0 Å². The number of carbonyl (C=O) groups is 1. The second-order valence-electron chi connectivity index (χ2n) is 10.6. The maximum atomic E-state index is 13.3. The van der Waals surface area contributed by atoms with Crippen LogP contribution in [0.4, 0.5) is 4.79 Å². The zero-order chi connectivity index (χ0) is 25.0. The van der Waals surface area contributed by atoms with Gasteiger partial charge >= 0.3 is 16.2 Å². The highest BCUT2D eigenvalue weighted by molar-refractivity contribution is 7.87. The number of aryl methyl sites for hydroxylation is 2. The minimum absolute atomic E-state index is 0.0446. The number of piperidine rings is 1. The molecule has 1 aromatic carbocycles. The van der Waals surface area contributed by atoms with Gasteiger partial charge in [-0.05, 0) is 65.0 Å². The zero-order valence-electron chi connectivity index (χ0n) is 20.8. The minimum atomic E-state index is -4.08. The van der Waals surface area contributed by atoms with Crippen LogP contribution in [0.2, 0.25) is 0 Å². The van der Waals surface area contributed by atoms with Gasteiger partial charge in [-0.2, -0.15) is 13.4 Å². The van der Waals surface area contributed by atoms with Crippen molar-refractivity contribution in [2.45, 2.75) is 83.9 Å². The number of ether oxygens (including phenoxy) is 1. The van der Waals surface area contributed by atoms with E-state index in [1.165, 1.54) is 12.1 Å². The van der Waals surface area contributed by atoms with Crippen LogP contribution in [0, 0.1) is 25.7 Å². The Labute approximate surface area is 201 Å². The Morgan fingerprint density at radius 3 is 2.32 bits per heavy atom. The van der Waals surface area contributed by atoms with Gasteiger partial charge in [0.1, 0.15) is 16.3 Å². The SMILES string of the molecule is Cc1ccc(S(=O)(=O)Oc2nc(C)nc3c2C[C@@H]2[C@@H](C)C[C@@H](C)[C@H]3N2C(=O)OC(C)(C)C)cc1. The van der Waals surface area contributed by atoms with E-state index in [2.05, 4.69) is 23.8 Å². The molecule has 1 saturated heterocycles. The van der Waals surface area contributed by atoms with Crippen LogP contribution in [-0.4, -0.2) is 41.0 Å². The lowest BCUT2D eigenvalue weighted by Crippen LogP contribution is -2.57. The van der Waals surface area contributed by atoms with Crippen molar-refractivity contribution in [3.05, 3.63) is 46.9 Å². The first-order valence-corrected chi connectivity index (χ1v) is 13.1. The molecule has 3 heterocycles. The summed E-state index contributed by atoms with van der Waals surface area (Å²) in [5.41, 5.74) is 1.61. The summed E-state index contributed by atoms with van der Waals surface area (Å²) in [6.07, 6.45) is 0.949. The first-order valence-electron chi connectivity index (χ1n) is 11.7. The number of aromatic nitrogens is 2. The molecule has 4 atom stereocenters. The molecule has 8 nitrogen and oxygen atoms in total. The van der Waals surface area contributed by atoms with Crippen LogP contribution in [0.3, 0.4) is 0 Å². The number of fused-ring (bicyclic) bond motifs is 4. The average Bonchev–Trinajstić information content (AvgIpc) is 2.70. The minimum Gasteiger partial charge on any atom is -0.444 e. The van der Waals surface area contributed by atoms with Gasteiger partial charge in [-0.25, -0.2) is 9.78 Å². The topological polar surface area (TPSA) is 98.7 Å². The van der Waals surface area contributed by atoms with Crippen molar-refractivity contribution in [3.8, 4) is 5.88 Å². The third-order valence-electron chi connectivity index (χ3n) is 6.51. The maximum Gasteiger partial charge on any atom is 0.411 e. The summed E-state index contributed by atoms with van der Waals surface area (Å²) in [4.78, 5) is 24.2. The lowest BCUT2D eigenvalue weighted by molar-refractivity contribution is -0.0381. The number of rotatable bonds is 3. The fraction of sp³-hybridized carbons (Fsp3) is 0.560. The van der Waals surface area contributed by atoms with E-state index in [9.17, 15) is 13.2 Å². The molecule has 4 rings (SSSR count). The van der Waals surface area contributed by atoms with E-state index in [-0.39, 0.29) is 40.8 Å². The first-order chi connectivity index (χ1) is 15.8. The van der Waals surface area contributed by atoms with Gasteiger partial charge in [0.2, 0.25) is 5.88 Å². The van der Waals surface area contributed by atoms with Gasteiger partial charge in [-0.1, -0.05) is 31.5 Å². The summed E-state index contributed by atoms with van der Waals surface area (Å²) in [7, 11) is -4.08. The van der Waals surface area contributed by atoms with Crippen molar-refractivity contribution in [1.82, 2.24) is 14.9 Å². The second-order valence-corrected chi connectivity index (χ2v) is 12.1. The Bertz CT molecular complexity index is 1200. The molecule has 1 aromatic heterocycles. The van der Waals surface area contributed by atoms with Crippen LogP contribution in [0.15, 0.2) is 29.2 Å². The molecule has 1 fully saturated rings. The summed E-state index contributed by atoms with van der Waals surface area (Å²) in [5, 5.41) is 0. The molecule has 0 radical (unpaired) electrons. The molecule has 0 unspecified atom stereocenters. The van der Waals surface area contributed by atoms with Crippen LogP contribution >= 0.6 is 0 Å². The summed E-state index contributed by atoms with van der Waals surface area (Å²) >= 11 is 0. The van der Waals surface area contributed by atoms with Crippen molar-refractivity contribution in [1.29, 1.82) is 0 Å². The Morgan fingerprint density at radius 1 is 1.06 bits per heavy atom. The number of carbonyl (C=O) groups excluding carboxylic acids is 1. The Hall–Kier alpha value is -2.68. The number of hydrogen-bond acceptors (Lipinski definition) is 7. The lowest BCUT2D eigenvalue weighted by Gasteiger charge is -2.51. The summed E-state index contributed by atoms with van der Waals surface area (Å²) < 4.78 is 37.5. The summed E-state index contributed by atoms with van der Waals surface area (Å²) in [6.45, 7) is 13.3. The lowest BCUT2D eigenvalue weighted by atomic mass is 9.72. The molecule has 1 amide bonds. The second kappa shape index (κ2) is 8.52. The molecule has 0 spiro atoms. The van der Waals surface area contributed by atoms with E-state index in [0.29, 0.717) is 23.5 Å². The van der Waals surface area contributed by atoms with E-state index < -0.39 is 15.7 Å². The molecule has 184 valence electrons. The molecular formula is C25H33N3O5S. The first kappa shape index (κ1) is 24.4. The van der Waals surface area contributed by atoms with Crippen molar-refractivity contribution in [2.24, 2.45) is 11.8 Å². The van der Waals surface area contributed by atoms with E-state index >= 15 is 0 Å². The van der Waals surface area contributed by atoms with Gasteiger partial charge in [0, 0.05) is 18.0 Å². The maximum absolute atomic E-state index is 13.3. The molecule has 0 saturated carbocycles. The van der Waals surface area contributed by atoms with Gasteiger partial charge in [-0.15, -0.1) is 0 Å². The third kappa shape index (κ3) is 4.62. The van der Waals surface area contributed by atoms with Gasteiger partial charge < -0.3 is 8.92 Å². The molecule has 0 aliphatic carbocycles. The quantitative estimate of drug-likeness (QED) is 0.577. The molecule has 2 bridgehead atoms. The van der Waals surface area contributed by atoms with Crippen LogP contribution in [0.1, 0.15) is 69.7 Å². The largest absolute Gasteiger partial charge is 0.444 e. The monoisotopic (exact) mass is 487 g/mol. The van der Waals surface area contributed by atoms with E-state index in [1.807, 2.05) is 27.7 Å². The van der Waals surface area contributed by atoms with Crippen LogP contribution in [0.5, 0.6) is 5.88 Å². The predicted octanol–water partition coefficient (Wildman–Crippen LogP) is 4.74. The van der Waals surface area contributed by atoms with Crippen molar-refractivity contribution in [2.75, 3.05) is 0 Å². The number of benzene rings is 1. The molecule has 2 aliphatic rings. The third-order valence-corrected chi connectivity index (χ3v) is 7.73. The molecule has 2 aliphatic heterocycles. The Kier molecular flexibility index (Phi) is 6.12. The van der Waals surface area contributed by atoms with Gasteiger partial charge in [0.15, 0.2) is 0 Å². The molecule has 34 heavy (non-hydrogen) atoms. The van der Waals surface area contributed by atoms with Gasteiger partial charge in [0.05, 0.1) is 11.7 Å². The molecular weight excluding hydrogens is 454 g/mol. The van der Waals surface area contributed by atoms with Crippen molar-refractivity contribution < 1.29 is 22.1 Å². The van der Waals surface area contributed by atoms with Gasteiger partial charge in [0.25, 0.3) is 0 Å². The van der Waals surface area contributed by atoms with Crippen LogP contribution in [0.25, 0.3) is 0 Å². The number of hydrogen-bond donors (Lipinski definition) is 0. The van der Waals surface area contributed by atoms with E-state index in [1.54, 1.807) is 24.0 Å². The molecule has 2 aromatic rings. The van der Waals surface area contributed by atoms with Crippen LogP contribution < -0.4 is 4.18 Å². The highest BCUT2D eigenvalue weighted by Gasteiger charge is 2.50. The van der Waals surface area contributed by atoms with Crippen molar-refractivity contribution in [3.63, 3.8) is 0 Å².